The summed E-state index contributed by atoms with van der Waals surface area (Å²) < 4.78 is 11.0. The first-order valence-corrected chi connectivity index (χ1v) is 19.3. The highest BCUT2D eigenvalue weighted by Gasteiger charge is 2.11. The molecule has 0 aliphatic rings. The maximum absolute atomic E-state index is 12.4. The molecule has 5 nitrogen and oxygen atoms in total. The number of benzene rings is 1. The van der Waals surface area contributed by atoms with Gasteiger partial charge in [0, 0.05) is 18.9 Å². The van der Waals surface area contributed by atoms with Crippen LogP contribution in [-0.2, 0) is 16.2 Å². The van der Waals surface area contributed by atoms with Gasteiger partial charge in [0.25, 0.3) is 0 Å². The van der Waals surface area contributed by atoms with E-state index in [9.17, 15) is 14.7 Å². The molecular formula is C43H68O5. The molecule has 0 aliphatic heterocycles. The number of aliphatic hydroxyl groups is 1. The fourth-order valence-electron chi connectivity index (χ4n) is 5.37. The zero-order valence-electron chi connectivity index (χ0n) is 30.6. The van der Waals surface area contributed by atoms with Crippen molar-refractivity contribution in [2.45, 2.75) is 175 Å². The summed E-state index contributed by atoms with van der Waals surface area (Å²) in [5.41, 5.74) is 0.539. The second-order valence-electron chi connectivity index (χ2n) is 12.9. The van der Waals surface area contributed by atoms with Crippen LogP contribution in [-0.4, -0.2) is 17.0 Å². The highest BCUT2D eigenvalue weighted by Crippen LogP contribution is 2.25. The first-order valence-electron chi connectivity index (χ1n) is 19.3. The molecule has 0 aliphatic carbocycles. The van der Waals surface area contributed by atoms with Gasteiger partial charge in [0.2, 0.25) is 0 Å². The van der Waals surface area contributed by atoms with Gasteiger partial charge in [0.05, 0.1) is 6.61 Å². The van der Waals surface area contributed by atoms with Crippen LogP contribution in [0.1, 0.15) is 174 Å². The lowest BCUT2D eigenvalue weighted by Gasteiger charge is -2.10. The second kappa shape index (κ2) is 32.6. The largest absolute Gasteiger partial charge is 0.426 e. The monoisotopic (exact) mass is 665 g/mol. The quantitative estimate of drug-likeness (QED) is 0.0370. The Balaban J connectivity index is 2.16. The molecule has 0 fully saturated rings. The molecule has 1 rings (SSSR count). The van der Waals surface area contributed by atoms with Crippen molar-refractivity contribution in [2.75, 3.05) is 0 Å². The van der Waals surface area contributed by atoms with Gasteiger partial charge in [-0.15, -0.1) is 0 Å². The van der Waals surface area contributed by atoms with Crippen molar-refractivity contribution in [2.24, 2.45) is 0 Å². The van der Waals surface area contributed by atoms with E-state index in [0.717, 1.165) is 77.0 Å². The van der Waals surface area contributed by atoms with E-state index in [1.54, 1.807) is 18.2 Å². The number of unbranched alkanes of at least 4 members (excludes halogenated alkanes) is 16. The lowest BCUT2D eigenvalue weighted by Crippen LogP contribution is -2.10. The molecule has 1 aromatic carbocycles. The van der Waals surface area contributed by atoms with Gasteiger partial charge in [-0.25, -0.2) is 0 Å². The number of hydrogen-bond acceptors (Lipinski definition) is 5. The van der Waals surface area contributed by atoms with E-state index in [-0.39, 0.29) is 18.5 Å². The van der Waals surface area contributed by atoms with Crippen LogP contribution in [0.4, 0.5) is 0 Å². The van der Waals surface area contributed by atoms with Gasteiger partial charge >= 0.3 is 11.9 Å². The number of rotatable bonds is 31. The Morgan fingerprint density at radius 3 is 1.23 bits per heavy atom. The third kappa shape index (κ3) is 27.1. The zero-order valence-corrected chi connectivity index (χ0v) is 30.6. The third-order valence-electron chi connectivity index (χ3n) is 8.25. The molecule has 0 bridgehead atoms. The van der Waals surface area contributed by atoms with Crippen LogP contribution in [0.25, 0.3) is 0 Å². The molecule has 0 spiro atoms. The molecule has 48 heavy (non-hydrogen) atoms. The Hall–Kier alpha value is -2.92. The normalized spacial score (nSPS) is 11.9. The average Bonchev–Trinajstić information content (AvgIpc) is 3.08. The number of carbonyl (C=O) groups is 2. The highest BCUT2D eigenvalue weighted by atomic mass is 16.5. The molecule has 0 unspecified atom stereocenters. The van der Waals surface area contributed by atoms with Crippen LogP contribution in [0.15, 0.2) is 66.8 Å². The summed E-state index contributed by atoms with van der Waals surface area (Å²) in [5.74, 6) is -0.0145. The first-order chi connectivity index (χ1) is 23.6. The Morgan fingerprint density at radius 2 is 0.854 bits per heavy atom. The van der Waals surface area contributed by atoms with Crippen LogP contribution in [0.2, 0.25) is 0 Å². The van der Waals surface area contributed by atoms with Crippen molar-refractivity contribution in [1.82, 2.24) is 0 Å². The number of allylic oxidation sites excluding steroid dienone is 8. The van der Waals surface area contributed by atoms with E-state index in [0.29, 0.717) is 29.9 Å². The smallest absolute Gasteiger partial charge is 0.311 e. The predicted molar refractivity (Wildman–Crippen MR) is 202 cm³/mol. The average molecular weight is 665 g/mol. The van der Waals surface area contributed by atoms with Gasteiger partial charge in [0.15, 0.2) is 0 Å². The van der Waals surface area contributed by atoms with E-state index in [1.807, 2.05) is 0 Å². The van der Waals surface area contributed by atoms with Crippen LogP contribution in [0.5, 0.6) is 11.5 Å². The molecular weight excluding hydrogens is 596 g/mol. The Bertz CT molecular complexity index is 973. The van der Waals surface area contributed by atoms with E-state index in [1.165, 1.54) is 64.2 Å². The summed E-state index contributed by atoms with van der Waals surface area (Å²) in [6.07, 6.45) is 43.7. The molecule has 0 radical (unpaired) electrons. The molecule has 0 saturated heterocycles. The zero-order chi connectivity index (χ0) is 34.8. The number of hydrogen-bond donors (Lipinski definition) is 1. The van der Waals surface area contributed by atoms with E-state index >= 15 is 0 Å². The fourth-order valence-corrected chi connectivity index (χ4v) is 5.37. The molecule has 5 heteroatoms. The Kier molecular flexibility index (Phi) is 29.3. The lowest BCUT2D eigenvalue weighted by atomic mass is 10.1. The van der Waals surface area contributed by atoms with Crippen LogP contribution in [0, 0.1) is 0 Å². The minimum atomic E-state index is -0.307. The van der Waals surface area contributed by atoms with Gasteiger partial charge in [-0.05, 0) is 94.7 Å². The maximum Gasteiger partial charge on any atom is 0.311 e. The molecule has 0 saturated carbocycles. The van der Waals surface area contributed by atoms with E-state index in [2.05, 4.69) is 62.5 Å². The summed E-state index contributed by atoms with van der Waals surface area (Å²) in [7, 11) is 0. The summed E-state index contributed by atoms with van der Waals surface area (Å²) in [6.45, 7) is 4.24. The van der Waals surface area contributed by atoms with Crippen molar-refractivity contribution in [1.29, 1.82) is 0 Å². The van der Waals surface area contributed by atoms with E-state index < -0.39 is 0 Å². The summed E-state index contributed by atoms with van der Waals surface area (Å²) >= 11 is 0. The van der Waals surface area contributed by atoms with Crippen LogP contribution in [0.3, 0.4) is 0 Å². The van der Waals surface area contributed by atoms with Crippen molar-refractivity contribution in [3.8, 4) is 11.5 Å². The second-order valence-corrected chi connectivity index (χ2v) is 12.9. The van der Waals surface area contributed by atoms with Crippen molar-refractivity contribution in [3.05, 3.63) is 72.4 Å². The topological polar surface area (TPSA) is 72.8 Å². The number of esters is 2. The minimum absolute atomic E-state index is 0.230. The maximum atomic E-state index is 12.4. The first kappa shape index (κ1) is 43.1. The summed E-state index contributed by atoms with van der Waals surface area (Å²) in [6, 6.07) is 4.79. The molecule has 0 heterocycles. The molecule has 0 atom stereocenters. The van der Waals surface area contributed by atoms with Crippen LogP contribution < -0.4 is 9.47 Å². The molecule has 0 aromatic heterocycles. The standard InChI is InChI=1S/C43H68O5/c1-3-5-7-9-11-13-15-17-19-21-23-25-27-29-31-33-42(45)47-40-35-39(38-44)36-41(37-40)48-43(46)34-32-30-28-26-24-22-20-18-16-14-12-10-8-6-4-2/h11-14,17-20,35-37,44H,3-10,15-16,21-34,38H2,1-2H3/b13-11-,14-12-,19-17-,20-18-. The van der Waals surface area contributed by atoms with Gasteiger partial charge < -0.3 is 14.6 Å². The van der Waals surface area contributed by atoms with Gasteiger partial charge in [-0.1, -0.05) is 127 Å². The highest BCUT2D eigenvalue weighted by molar-refractivity contribution is 5.74. The molecule has 1 N–H and O–H groups in total. The predicted octanol–water partition coefficient (Wildman–Crippen LogP) is 12.6. The van der Waals surface area contributed by atoms with Gasteiger partial charge in [-0.2, -0.15) is 0 Å². The molecule has 0 amide bonds. The van der Waals surface area contributed by atoms with Crippen LogP contribution >= 0.6 is 0 Å². The van der Waals surface area contributed by atoms with Crippen molar-refractivity contribution in [3.63, 3.8) is 0 Å². The molecule has 1 aromatic rings. The Labute approximate surface area is 294 Å². The number of ether oxygens (including phenoxy) is 2. The van der Waals surface area contributed by atoms with Crippen molar-refractivity contribution >= 4 is 11.9 Å². The number of aliphatic hydroxyl groups excluding tert-OH is 1. The third-order valence-corrected chi connectivity index (χ3v) is 8.25. The lowest BCUT2D eigenvalue weighted by molar-refractivity contribution is -0.135. The number of carbonyl (C=O) groups excluding carboxylic acids is 2. The minimum Gasteiger partial charge on any atom is -0.426 e. The molecule has 270 valence electrons. The summed E-state index contributed by atoms with van der Waals surface area (Å²) in [4.78, 5) is 24.9. The summed E-state index contributed by atoms with van der Waals surface area (Å²) in [5, 5.41) is 9.66. The van der Waals surface area contributed by atoms with Gasteiger partial charge in [-0.3, -0.25) is 9.59 Å². The fraction of sp³-hybridized carbons (Fsp3) is 0.628. The Morgan fingerprint density at radius 1 is 0.500 bits per heavy atom. The van der Waals surface area contributed by atoms with E-state index in [4.69, 9.17) is 9.47 Å². The van der Waals surface area contributed by atoms with Gasteiger partial charge in [0.1, 0.15) is 11.5 Å². The van der Waals surface area contributed by atoms with Crippen molar-refractivity contribution < 1.29 is 24.2 Å². The SMILES string of the molecule is CCCCC/C=C\C/C=C\CCCCCCCC(=O)Oc1cc(CO)cc(OC(=O)CCCCCCC/C=C\C/C=C\CCCCC)c1.